The van der Waals surface area contributed by atoms with E-state index in [9.17, 15) is 34.8 Å². The second-order valence-corrected chi connectivity index (χ2v) is 8.74. The van der Waals surface area contributed by atoms with E-state index in [1.807, 2.05) is 18.7 Å². The van der Waals surface area contributed by atoms with Gasteiger partial charge in [0.1, 0.15) is 29.6 Å². The fourth-order valence-electron chi connectivity index (χ4n) is 4.73. The Morgan fingerprint density at radius 3 is 2.35 bits per heavy atom. The lowest BCUT2D eigenvalue weighted by molar-refractivity contribution is -0.139. The van der Waals surface area contributed by atoms with Crippen LogP contribution in [0.2, 0.25) is 0 Å². The highest BCUT2D eigenvalue weighted by Crippen LogP contribution is 2.50. The van der Waals surface area contributed by atoms with E-state index in [4.69, 9.17) is 4.74 Å². The van der Waals surface area contributed by atoms with Gasteiger partial charge in [-0.25, -0.2) is 0 Å². The molecule has 0 aliphatic heterocycles. The molecule has 34 heavy (non-hydrogen) atoms. The molecule has 2 aromatic rings. The summed E-state index contributed by atoms with van der Waals surface area (Å²) in [4.78, 5) is 40.9. The number of aliphatic hydroxyl groups is 2. The van der Waals surface area contributed by atoms with Crippen molar-refractivity contribution in [1.29, 1.82) is 0 Å². The smallest absolute Gasteiger partial charge is 0.202 e. The van der Waals surface area contributed by atoms with Crippen molar-refractivity contribution in [2.24, 2.45) is 0 Å². The van der Waals surface area contributed by atoms with Crippen molar-refractivity contribution in [3.8, 4) is 17.2 Å². The molecule has 2 aliphatic carbocycles. The van der Waals surface area contributed by atoms with E-state index in [-0.39, 0.29) is 34.7 Å². The van der Waals surface area contributed by atoms with Gasteiger partial charge in [0.25, 0.3) is 0 Å². The van der Waals surface area contributed by atoms with E-state index in [0.29, 0.717) is 13.1 Å². The first-order valence-electron chi connectivity index (χ1n) is 11.1. The zero-order valence-corrected chi connectivity index (χ0v) is 19.2. The number of nitrogens with zero attached hydrogens (tertiary/aromatic N) is 1. The summed E-state index contributed by atoms with van der Waals surface area (Å²) in [5, 5.41) is 43.3. The van der Waals surface area contributed by atoms with Crippen LogP contribution in [-0.4, -0.2) is 68.1 Å². The summed E-state index contributed by atoms with van der Waals surface area (Å²) >= 11 is 0. The molecule has 9 heteroatoms. The number of fused-ring (bicyclic) bond motifs is 3. The minimum Gasteiger partial charge on any atom is -0.507 e. The molecule has 0 bridgehead atoms. The summed E-state index contributed by atoms with van der Waals surface area (Å²) in [5.74, 6) is -3.19. The van der Waals surface area contributed by atoms with Crippen molar-refractivity contribution in [2.45, 2.75) is 45.3 Å². The van der Waals surface area contributed by atoms with Gasteiger partial charge < -0.3 is 25.2 Å². The molecule has 2 atom stereocenters. The molecule has 2 unspecified atom stereocenters. The molecule has 0 amide bonds. The highest BCUT2D eigenvalue weighted by atomic mass is 16.5. The Hall–Kier alpha value is -3.27. The van der Waals surface area contributed by atoms with E-state index < -0.39 is 64.5 Å². The van der Waals surface area contributed by atoms with Crippen molar-refractivity contribution in [1.82, 2.24) is 4.90 Å². The lowest BCUT2D eigenvalue weighted by atomic mass is 9.72. The molecule has 2 aliphatic rings. The van der Waals surface area contributed by atoms with Crippen molar-refractivity contribution in [3.05, 3.63) is 51.6 Å². The molecule has 4 rings (SSSR count). The number of Topliss-reactive ketones (excluding diaryl/α,β-unsaturated/α-hetero) is 1. The SMILES string of the molecule is CCN(CC)COc1cccc2c1C(=O)c1c(O)c3c(c(O)c1C2=O)CC(O)(C(C)=O)CC3O. The van der Waals surface area contributed by atoms with Gasteiger partial charge in [0.2, 0.25) is 5.78 Å². The first-order valence-corrected chi connectivity index (χ1v) is 11.1. The van der Waals surface area contributed by atoms with E-state index in [2.05, 4.69) is 0 Å². The fraction of sp³-hybridized carbons (Fsp3) is 0.400. The number of phenolic OH excluding ortho intramolecular Hbond substituents is 2. The third-order valence-electron chi connectivity index (χ3n) is 6.83. The number of phenols is 2. The first-order chi connectivity index (χ1) is 16.1. The van der Waals surface area contributed by atoms with Gasteiger partial charge in [-0.3, -0.25) is 19.3 Å². The fourth-order valence-corrected chi connectivity index (χ4v) is 4.73. The van der Waals surface area contributed by atoms with Crippen LogP contribution in [-0.2, 0) is 11.2 Å². The van der Waals surface area contributed by atoms with Crippen LogP contribution in [0.25, 0.3) is 0 Å². The number of hydrogen-bond donors (Lipinski definition) is 4. The second kappa shape index (κ2) is 8.50. The highest BCUT2D eigenvalue weighted by molar-refractivity contribution is 6.31. The van der Waals surface area contributed by atoms with Gasteiger partial charge >= 0.3 is 0 Å². The number of ketones is 3. The number of aliphatic hydroxyl groups excluding tert-OH is 1. The van der Waals surface area contributed by atoms with Crippen LogP contribution < -0.4 is 4.74 Å². The quantitative estimate of drug-likeness (QED) is 0.314. The van der Waals surface area contributed by atoms with Gasteiger partial charge in [-0.1, -0.05) is 26.0 Å². The predicted octanol–water partition coefficient (Wildman–Crippen LogP) is 1.85. The van der Waals surface area contributed by atoms with Gasteiger partial charge in [-0.2, -0.15) is 0 Å². The molecule has 9 nitrogen and oxygen atoms in total. The molecule has 0 spiro atoms. The Morgan fingerprint density at radius 1 is 1.09 bits per heavy atom. The van der Waals surface area contributed by atoms with E-state index >= 15 is 0 Å². The summed E-state index contributed by atoms with van der Waals surface area (Å²) in [6.45, 7) is 6.68. The zero-order valence-electron chi connectivity index (χ0n) is 19.2. The van der Waals surface area contributed by atoms with Crippen LogP contribution >= 0.6 is 0 Å². The van der Waals surface area contributed by atoms with Crippen LogP contribution in [0.15, 0.2) is 18.2 Å². The molecule has 2 aromatic carbocycles. The summed E-state index contributed by atoms with van der Waals surface area (Å²) in [5.41, 5.74) is -3.17. The Balaban J connectivity index is 1.88. The third kappa shape index (κ3) is 3.48. The second-order valence-electron chi connectivity index (χ2n) is 8.74. The van der Waals surface area contributed by atoms with E-state index in [1.54, 1.807) is 12.1 Å². The van der Waals surface area contributed by atoms with Crippen LogP contribution in [0.3, 0.4) is 0 Å². The molecular formula is C25H27NO8. The monoisotopic (exact) mass is 469 g/mol. The predicted molar refractivity (Wildman–Crippen MR) is 120 cm³/mol. The summed E-state index contributed by atoms with van der Waals surface area (Å²) in [6.07, 6.45) is -2.37. The molecule has 0 radical (unpaired) electrons. The molecule has 0 aromatic heterocycles. The average molecular weight is 469 g/mol. The molecular weight excluding hydrogens is 442 g/mol. The number of carbonyl (C=O) groups excluding carboxylic acids is 3. The van der Waals surface area contributed by atoms with Gasteiger partial charge in [-0.15, -0.1) is 0 Å². The maximum Gasteiger partial charge on any atom is 0.202 e. The zero-order chi connectivity index (χ0) is 24.9. The van der Waals surface area contributed by atoms with Gasteiger partial charge in [0.15, 0.2) is 11.6 Å². The van der Waals surface area contributed by atoms with Gasteiger partial charge in [0, 0.05) is 29.5 Å². The number of carbonyl (C=O) groups is 3. The van der Waals surface area contributed by atoms with Crippen molar-refractivity contribution < 1.29 is 39.5 Å². The lowest BCUT2D eigenvalue weighted by Gasteiger charge is -2.36. The number of benzene rings is 2. The Kier molecular flexibility index (Phi) is 5.97. The minimum atomic E-state index is -1.98. The Bertz CT molecular complexity index is 1220. The maximum atomic E-state index is 13.6. The summed E-state index contributed by atoms with van der Waals surface area (Å²) in [7, 11) is 0. The first kappa shape index (κ1) is 23.9. The summed E-state index contributed by atoms with van der Waals surface area (Å²) < 4.78 is 5.83. The number of rotatable bonds is 6. The van der Waals surface area contributed by atoms with Crippen LogP contribution in [0.4, 0.5) is 0 Å². The molecule has 0 heterocycles. The Labute approximate surface area is 196 Å². The topological polar surface area (TPSA) is 145 Å². The average Bonchev–Trinajstić information content (AvgIpc) is 2.79. The molecule has 4 N–H and O–H groups in total. The van der Waals surface area contributed by atoms with Crippen molar-refractivity contribution in [3.63, 3.8) is 0 Å². The summed E-state index contributed by atoms with van der Waals surface area (Å²) in [6, 6.07) is 4.54. The highest BCUT2D eigenvalue weighted by Gasteiger charge is 2.47. The van der Waals surface area contributed by atoms with Gasteiger partial charge in [0.05, 0.1) is 22.8 Å². The lowest BCUT2D eigenvalue weighted by Crippen LogP contribution is -2.44. The number of hydrogen-bond acceptors (Lipinski definition) is 9. The molecule has 180 valence electrons. The Morgan fingerprint density at radius 2 is 1.74 bits per heavy atom. The van der Waals surface area contributed by atoms with Gasteiger partial charge in [-0.05, 0) is 26.1 Å². The minimum absolute atomic E-state index is 0.00221. The molecule has 0 fully saturated rings. The normalized spacial score (nSPS) is 21.2. The van der Waals surface area contributed by atoms with Crippen LogP contribution in [0, 0.1) is 0 Å². The third-order valence-corrected chi connectivity index (χ3v) is 6.83. The van der Waals surface area contributed by atoms with Crippen molar-refractivity contribution >= 4 is 17.3 Å². The van der Waals surface area contributed by atoms with Crippen LogP contribution in [0.1, 0.15) is 76.3 Å². The molecule has 0 saturated carbocycles. The largest absolute Gasteiger partial charge is 0.507 e. The maximum absolute atomic E-state index is 13.6. The number of aromatic hydroxyl groups is 2. The molecule has 0 saturated heterocycles. The van der Waals surface area contributed by atoms with Crippen molar-refractivity contribution in [2.75, 3.05) is 19.8 Å². The van der Waals surface area contributed by atoms with E-state index in [0.717, 1.165) is 6.92 Å². The standard InChI is InChI=1S/C25H27NO8/c1-4-26(5-2)11-34-16-8-6-7-13-18(16)24(32)20-19(21(13)29)22(30)14-9-25(33,12(3)27)10-15(28)17(14)23(20)31/h6-8,15,28,30-31,33H,4-5,9-11H2,1-3H3. The van der Waals surface area contributed by atoms with E-state index in [1.165, 1.54) is 6.07 Å². The number of ether oxygens (including phenoxy) is 1. The van der Waals surface area contributed by atoms with Crippen LogP contribution in [0.5, 0.6) is 17.2 Å².